The quantitative estimate of drug-likeness (QED) is 0.884. The zero-order valence-corrected chi connectivity index (χ0v) is 12.1. The van der Waals surface area contributed by atoms with Gasteiger partial charge < -0.3 is 5.32 Å². The maximum atomic E-state index is 12.5. The smallest absolute Gasteiger partial charge is 0.370 e. The monoisotopic (exact) mass is 313 g/mol. The summed E-state index contributed by atoms with van der Waals surface area (Å²) in [6.45, 7) is 2.87. The number of hydrogen-bond donors (Lipinski definition) is 1. The van der Waals surface area contributed by atoms with Gasteiger partial charge in [-0.15, -0.1) is 0 Å². The Morgan fingerprint density at radius 1 is 1.14 bits per heavy atom. The summed E-state index contributed by atoms with van der Waals surface area (Å²) in [5.74, 6) is 0.744. The van der Waals surface area contributed by atoms with Crippen molar-refractivity contribution in [1.82, 2.24) is 9.97 Å². The van der Waals surface area contributed by atoms with Gasteiger partial charge >= 0.3 is 6.18 Å². The molecular weight excluding hydrogens is 299 g/mol. The lowest BCUT2D eigenvalue weighted by atomic mass is 10.3. The van der Waals surface area contributed by atoms with E-state index in [0.29, 0.717) is 10.1 Å². The van der Waals surface area contributed by atoms with Crippen molar-refractivity contribution in [2.24, 2.45) is 0 Å². The van der Waals surface area contributed by atoms with Crippen LogP contribution in [0.4, 0.5) is 19.0 Å². The SMILES string of the molecule is CCCNc1cccc(Sc2ccc(C(F)(F)F)cn2)n1. The lowest BCUT2D eigenvalue weighted by Gasteiger charge is -2.07. The van der Waals surface area contributed by atoms with Gasteiger partial charge in [0.2, 0.25) is 0 Å². The lowest BCUT2D eigenvalue weighted by molar-refractivity contribution is -0.137. The van der Waals surface area contributed by atoms with Crippen LogP contribution in [-0.2, 0) is 6.18 Å². The molecule has 21 heavy (non-hydrogen) atoms. The van der Waals surface area contributed by atoms with E-state index in [1.54, 1.807) is 6.07 Å². The van der Waals surface area contributed by atoms with Gasteiger partial charge in [-0.3, -0.25) is 0 Å². The number of pyridine rings is 2. The third-order valence-corrected chi connectivity index (χ3v) is 3.44. The summed E-state index contributed by atoms with van der Waals surface area (Å²) in [6.07, 6.45) is -2.54. The predicted molar refractivity (Wildman–Crippen MR) is 76.4 cm³/mol. The van der Waals surface area contributed by atoms with E-state index in [1.165, 1.54) is 17.8 Å². The Morgan fingerprint density at radius 2 is 1.95 bits per heavy atom. The number of hydrogen-bond acceptors (Lipinski definition) is 4. The molecule has 0 spiro atoms. The van der Waals surface area contributed by atoms with E-state index in [9.17, 15) is 13.2 Å². The van der Waals surface area contributed by atoms with Crippen LogP contribution in [0.5, 0.6) is 0 Å². The van der Waals surface area contributed by atoms with Crippen LogP contribution < -0.4 is 5.32 Å². The molecule has 0 bridgehead atoms. The fourth-order valence-corrected chi connectivity index (χ4v) is 2.29. The summed E-state index contributed by atoms with van der Waals surface area (Å²) in [7, 11) is 0. The van der Waals surface area contributed by atoms with Crippen LogP contribution in [0.25, 0.3) is 0 Å². The second kappa shape index (κ2) is 6.80. The van der Waals surface area contributed by atoms with Gasteiger partial charge in [0.15, 0.2) is 0 Å². The molecule has 0 radical (unpaired) electrons. The average Bonchev–Trinajstić information content (AvgIpc) is 2.45. The molecule has 2 aromatic rings. The summed E-state index contributed by atoms with van der Waals surface area (Å²) in [5.41, 5.74) is -0.752. The van der Waals surface area contributed by atoms with Crippen molar-refractivity contribution in [1.29, 1.82) is 0 Å². The molecule has 0 aliphatic rings. The maximum absolute atomic E-state index is 12.5. The highest BCUT2D eigenvalue weighted by Crippen LogP contribution is 2.31. The van der Waals surface area contributed by atoms with Crippen molar-refractivity contribution in [3.63, 3.8) is 0 Å². The summed E-state index contributed by atoms with van der Waals surface area (Å²) < 4.78 is 37.4. The van der Waals surface area contributed by atoms with Crippen molar-refractivity contribution >= 4 is 17.6 Å². The standard InChI is InChI=1S/C14H14F3N3S/c1-2-8-18-11-4-3-5-13(20-11)21-12-7-6-10(9-19-12)14(15,16)17/h3-7,9H,2,8H2,1H3,(H,18,20). The van der Waals surface area contributed by atoms with Gasteiger partial charge in [-0.25, -0.2) is 9.97 Å². The highest BCUT2D eigenvalue weighted by Gasteiger charge is 2.30. The van der Waals surface area contributed by atoms with Crippen LogP contribution >= 0.6 is 11.8 Å². The Balaban J connectivity index is 2.07. The van der Waals surface area contributed by atoms with E-state index in [-0.39, 0.29) is 0 Å². The molecule has 7 heteroatoms. The molecule has 112 valence electrons. The largest absolute Gasteiger partial charge is 0.417 e. The van der Waals surface area contributed by atoms with Crippen molar-refractivity contribution < 1.29 is 13.2 Å². The summed E-state index contributed by atoms with van der Waals surface area (Å²) >= 11 is 1.22. The summed E-state index contributed by atoms with van der Waals surface area (Å²) in [6, 6.07) is 7.86. The Hall–Kier alpha value is -1.76. The third-order valence-electron chi connectivity index (χ3n) is 2.55. The molecule has 3 nitrogen and oxygen atoms in total. The Kier molecular flexibility index (Phi) is 5.06. The van der Waals surface area contributed by atoms with Crippen LogP contribution in [0.2, 0.25) is 0 Å². The van der Waals surface area contributed by atoms with Crippen molar-refractivity contribution in [3.8, 4) is 0 Å². The topological polar surface area (TPSA) is 37.8 Å². The second-order valence-corrected chi connectivity index (χ2v) is 5.31. The van der Waals surface area contributed by atoms with Gasteiger partial charge in [-0.2, -0.15) is 13.2 Å². The first-order valence-corrected chi connectivity index (χ1v) is 7.22. The van der Waals surface area contributed by atoms with Gasteiger partial charge in [0.25, 0.3) is 0 Å². The van der Waals surface area contributed by atoms with E-state index >= 15 is 0 Å². The van der Waals surface area contributed by atoms with Gasteiger partial charge in [0, 0.05) is 12.7 Å². The molecule has 0 aliphatic carbocycles. The number of anilines is 1. The Morgan fingerprint density at radius 3 is 2.57 bits per heavy atom. The highest BCUT2D eigenvalue weighted by molar-refractivity contribution is 7.99. The van der Waals surface area contributed by atoms with Gasteiger partial charge in [-0.1, -0.05) is 24.8 Å². The molecule has 0 saturated carbocycles. The third kappa shape index (κ3) is 4.63. The zero-order chi connectivity index (χ0) is 15.3. The first kappa shape index (κ1) is 15.6. The van der Waals surface area contributed by atoms with Crippen LogP contribution in [0.1, 0.15) is 18.9 Å². The number of alkyl halides is 3. The van der Waals surface area contributed by atoms with Crippen molar-refractivity contribution in [3.05, 3.63) is 42.1 Å². The molecule has 2 heterocycles. The number of nitrogens with one attached hydrogen (secondary N) is 1. The Labute approximate surface area is 125 Å². The first-order valence-electron chi connectivity index (χ1n) is 6.41. The summed E-state index contributed by atoms with van der Waals surface area (Å²) in [4.78, 5) is 8.18. The van der Waals surface area contributed by atoms with Crippen molar-refractivity contribution in [2.75, 3.05) is 11.9 Å². The van der Waals surface area contributed by atoms with Crippen LogP contribution in [0.3, 0.4) is 0 Å². The predicted octanol–water partition coefficient (Wildman–Crippen LogP) is 4.47. The summed E-state index contributed by atoms with van der Waals surface area (Å²) in [5, 5.41) is 4.31. The highest BCUT2D eigenvalue weighted by atomic mass is 32.2. The molecule has 1 N–H and O–H groups in total. The molecule has 0 fully saturated rings. The molecule has 0 aromatic carbocycles. The van der Waals surface area contributed by atoms with Crippen LogP contribution in [0, 0.1) is 0 Å². The fourth-order valence-electron chi connectivity index (χ4n) is 1.54. The first-order chi connectivity index (χ1) is 9.99. The molecule has 0 aliphatic heterocycles. The normalized spacial score (nSPS) is 11.4. The zero-order valence-electron chi connectivity index (χ0n) is 11.3. The van der Waals surface area contributed by atoms with Crippen LogP contribution in [0.15, 0.2) is 46.6 Å². The number of halogens is 3. The van der Waals surface area contributed by atoms with Gasteiger partial charge in [-0.05, 0) is 30.7 Å². The number of aromatic nitrogens is 2. The van der Waals surface area contributed by atoms with Crippen LogP contribution in [-0.4, -0.2) is 16.5 Å². The van der Waals surface area contributed by atoms with Crippen molar-refractivity contribution in [2.45, 2.75) is 29.6 Å². The van der Waals surface area contributed by atoms with E-state index < -0.39 is 11.7 Å². The minimum absolute atomic E-state index is 0.475. The van der Waals surface area contributed by atoms with E-state index in [0.717, 1.165) is 31.0 Å². The molecular formula is C14H14F3N3S. The molecule has 0 unspecified atom stereocenters. The molecule has 2 aromatic heterocycles. The molecule has 0 saturated heterocycles. The van der Waals surface area contributed by atoms with E-state index in [4.69, 9.17) is 0 Å². The average molecular weight is 313 g/mol. The second-order valence-electron chi connectivity index (χ2n) is 4.27. The molecule has 0 amide bonds. The van der Waals surface area contributed by atoms with Gasteiger partial charge in [0.05, 0.1) is 5.56 Å². The maximum Gasteiger partial charge on any atom is 0.417 e. The molecule has 2 rings (SSSR count). The molecule has 0 atom stereocenters. The number of rotatable bonds is 5. The minimum Gasteiger partial charge on any atom is -0.370 e. The van der Waals surface area contributed by atoms with E-state index in [1.807, 2.05) is 12.1 Å². The number of nitrogens with zero attached hydrogens (tertiary/aromatic N) is 2. The fraction of sp³-hybridized carbons (Fsp3) is 0.286. The van der Waals surface area contributed by atoms with Gasteiger partial charge in [0.1, 0.15) is 15.9 Å². The van der Waals surface area contributed by atoms with E-state index in [2.05, 4.69) is 22.2 Å². The minimum atomic E-state index is -4.36. The lowest BCUT2D eigenvalue weighted by Crippen LogP contribution is -2.05. The Bertz CT molecular complexity index is 585.